The van der Waals surface area contributed by atoms with Gasteiger partial charge in [0.05, 0.1) is 0 Å². The molecule has 21 heavy (non-hydrogen) atoms. The largest absolute Gasteiger partial charge is 0.481 e. The Morgan fingerprint density at radius 2 is 1.10 bits per heavy atom. The third-order valence-electron chi connectivity index (χ3n) is 3.53. The van der Waals surface area contributed by atoms with E-state index in [2.05, 4.69) is 11.8 Å². The van der Waals surface area contributed by atoms with Gasteiger partial charge >= 0.3 is 5.97 Å². The Bertz CT molecular complexity index is 289. The van der Waals surface area contributed by atoms with E-state index < -0.39 is 5.97 Å². The number of carbonyl (C=O) groups is 1. The minimum Gasteiger partial charge on any atom is -0.481 e. The summed E-state index contributed by atoms with van der Waals surface area (Å²) in [7, 11) is 0. The van der Waals surface area contributed by atoms with Crippen molar-refractivity contribution in [3.63, 3.8) is 0 Å². The molecule has 0 aliphatic carbocycles. The van der Waals surface area contributed by atoms with E-state index in [4.69, 9.17) is 10.2 Å². The summed E-state index contributed by atoms with van der Waals surface area (Å²) in [6.07, 6.45) is 14.6. The molecule has 0 aliphatic rings. The number of unbranched alkanes of at least 4 members (excludes halogenated alkanes) is 11. The van der Waals surface area contributed by atoms with Crippen molar-refractivity contribution in [2.75, 3.05) is 6.61 Å². The lowest BCUT2D eigenvalue weighted by molar-refractivity contribution is -0.137. The van der Waals surface area contributed by atoms with Crippen molar-refractivity contribution in [2.45, 2.75) is 89.9 Å². The van der Waals surface area contributed by atoms with E-state index in [1.165, 1.54) is 32.1 Å². The zero-order valence-electron chi connectivity index (χ0n) is 13.4. The number of aliphatic hydroxyl groups is 1. The average Bonchev–Trinajstić information content (AvgIpc) is 2.46. The molecule has 0 rings (SSSR count). The Labute approximate surface area is 130 Å². The lowest BCUT2D eigenvalue weighted by Gasteiger charge is -1.99. The summed E-state index contributed by atoms with van der Waals surface area (Å²) < 4.78 is 0. The maximum Gasteiger partial charge on any atom is 0.303 e. The second kappa shape index (κ2) is 17.0. The van der Waals surface area contributed by atoms with Crippen molar-refractivity contribution in [3.05, 3.63) is 0 Å². The third-order valence-corrected chi connectivity index (χ3v) is 3.53. The van der Waals surface area contributed by atoms with E-state index in [1.807, 2.05) is 0 Å². The van der Waals surface area contributed by atoms with Gasteiger partial charge in [0.2, 0.25) is 0 Å². The molecule has 0 saturated carbocycles. The minimum atomic E-state index is -0.679. The van der Waals surface area contributed by atoms with Gasteiger partial charge in [0, 0.05) is 25.9 Å². The lowest BCUT2D eigenvalue weighted by Crippen LogP contribution is -1.93. The summed E-state index contributed by atoms with van der Waals surface area (Å²) >= 11 is 0. The van der Waals surface area contributed by atoms with E-state index in [0.29, 0.717) is 13.0 Å². The van der Waals surface area contributed by atoms with Crippen molar-refractivity contribution in [2.24, 2.45) is 0 Å². The molecule has 2 N–H and O–H groups in total. The van der Waals surface area contributed by atoms with Crippen LogP contribution in [0, 0.1) is 11.8 Å². The first-order chi connectivity index (χ1) is 10.3. The highest BCUT2D eigenvalue weighted by Gasteiger charge is 1.96. The van der Waals surface area contributed by atoms with Gasteiger partial charge < -0.3 is 10.2 Å². The molecule has 0 radical (unpaired) electrons. The van der Waals surface area contributed by atoms with Gasteiger partial charge in [0.25, 0.3) is 0 Å². The highest BCUT2D eigenvalue weighted by molar-refractivity contribution is 5.66. The molecule has 0 atom stereocenters. The summed E-state index contributed by atoms with van der Waals surface area (Å²) in [6, 6.07) is 0. The number of aliphatic carboxylic acids is 1. The van der Waals surface area contributed by atoms with Crippen molar-refractivity contribution >= 4 is 5.97 Å². The Morgan fingerprint density at radius 3 is 1.57 bits per heavy atom. The monoisotopic (exact) mass is 296 g/mol. The van der Waals surface area contributed by atoms with E-state index in [9.17, 15) is 4.79 Å². The molecule has 0 heterocycles. The van der Waals surface area contributed by atoms with Gasteiger partial charge in [-0.2, -0.15) is 0 Å². The highest BCUT2D eigenvalue weighted by atomic mass is 16.4. The van der Waals surface area contributed by atoms with Gasteiger partial charge in [-0.15, -0.1) is 11.8 Å². The van der Waals surface area contributed by atoms with Crippen molar-refractivity contribution < 1.29 is 15.0 Å². The maximum atomic E-state index is 10.3. The van der Waals surface area contributed by atoms with Crippen LogP contribution in [0.5, 0.6) is 0 Å². The first-order valence-corrected chi connectivity index (χ1v) is 8.55. The Hall–Kier alpha value is -1.01. The smallest absolute Gasteiger partial charge is 0.303 e. The van der Waals surface area contributed by atoms with Crippen LogP contribution in [0.3, 0.4) is 0 Å². The molecule has 122 valence electrons. The summed E-state index contributed by atoms with van der Waals surface area (Å²) in [4.78, 5) is 10.3. The van der Waals surface area contributed by atoms with Crippen LogP contribution in [0.4, 0.5) is 0 Å². The molecule has 3 heteroatoms. The van der Waals surface area contributed by atoms with Gasteiger partial charge in [-0.3, -0.25) is 4.79 Å². The van der Waals surface area contributed by atoms with Crippen molar-refractivity contribution in [1.82, 2.24) is 0 Å². The average molecular weight is 296 g/mol. The van der Waals surface area contributed by atoms with Crippen LogP contribution >= 0.6 is 0 Å². The van der Waals surface area contributed by atoms with Crippen LogP contribution in [-0.2, 0) is 4.79 Å². The Kier molecular flexibility index (Phi) is 16.2. The summed E-state index contributed by atoms with van der Waals surface area (Å²) in [5.74, 6) is 5.78. The molecule has 0 fully saturated rings. The molecule has 0 bridgehead atoms. The quantitative estimate of drug-likeness (QED) is 0.366. The number of carboxylic acids is 1. The van der Waals surface area contributed by atoms with Gasteiger partial charge in [-0.05, 0) is 25.7 Å². The van der Waals surface area contributed by atoms with Crippen molar-refractivity contribution in [3.8, 4) is 11.8 Å². The first-order valence-electron chi connectivity index (χ1n) is 8.55. The fourth-order valence-corrected chi connectivity index (χ4v) is 2.23. The van der Waals surface area contributed by atoms with E-state index in [1.54, 1.807) is 0 Å². The molecule has 0 unspecified atom stereocenters. The first kappa shape index (κ1) is 20.0. The van der Waals surface area contributed by atoms with Crippen LogP contribution in [0.15, 0.2) is 0 Å². The zero-order valence-corrected chi connectivity index (χ0v) is 13.4. The SMILES string of the molecule is O=C(O)CCCCCCCCCC#CCCCCCCO. The topological polar surface area (TPSA) is 57.5 Å². The van der Waals surface area contributed by atoms with Crippen molar-refractivity contribution in [1.29, 1.82) is 0 Å². The second-order valence-electron chi connectivity index (χ2n) is 5.61. The van der Waals surface area contributed by atoms with Crippen LogP contribution in [0.2, 0.25) is 0 Å². The lowest BCUT2D eigenvalue weighted by atomic mass is 10.1. The number of aliphatic hydroxyl groups excluding tert-OH is 1. The molecular weight excluding hydrogens is 264 g/mol. The second-order valence-corrected chi connectivity index (χ2v) is 5.61. The Balaban J connectivity index is 3.10. The molecule has 3 nitrogen and oxygen atoms in total. The van der Waals surface area contributed by atoms with Gasteiger partial charge in [-0.25, -0.2) is 0 Å². The molecule has 0 aromatic rings. The summed E-state index contributed by atoms with van der Waals surface area (Å²) in [5.41, 5.74) is 0. The number of hydrogen-bond donors (Lipinski definition) is 2. The van der Waals surface area contributed by atoms with E-state index >= 15 is 0 Å². The number of hydrogen-bond acceptors (Lipinski definition) is 2. The molecule has 0 spiro atoms. The van der Waals surface area contributed by atoms with Gasteiger partial charge in [-0.1, -0.05) is 44.9 Å². The van der Waals surface area contributed by atoms with E-state index in [-0.39, 0.29) is 0 Å². The number of rotatable bonds is 14. The minimum absolute atomic E-state index is 0.311. The Morgan fingerprint density at radius 1 is 0.667 bits per heavy atom. The van der Waals surface area contributed by atoms with Crippen LogP contribution < -0.4 is 0 Å². The van der Waals surface area contributed by atoms with Gasteiger partial charge in [0.15, 0.2) is 0 Å². The zero-order chi connectivity index (χ0) is 15.6. The molecule has 0 amide bonds. The van der Waals surface area contributed by atoms with Crippen LogP contribution in [0.25, 0.3) is 0 Å². The summed E-state index contributed by atoms with van der Waals surface area (Å²) in [6.45, 7) is 0.311. The predicted octanol–water partition coefficient (Wildman–Crippen LogP) is 4.53. The third kappa shape index (κ3) is 19.0. The maximum absolute atomic E-state index is 10.3. The molecule has 0 aromatic heterocycles. The molecule has 0 saturated heterocycles. The van der Waals surface area contributed by atoms with Gasteiger partial charge in [0.1, 0.15) is 0 Å². The summed E-state index contributed by atoms with van der Waals surface area (Å²) in [5, 5.41) is 17.1. The number of carboxylic acid groups (broad SMARTS) is 1. The molecular formula is C18H32O3. The fourth-order valence-electron chi connectivity index (χ4n) is 2.23. The fraction of sp³-hybridized carbons (Fsp3) is 0.833. The molecule has 0 aromatic carbocycles. The standard InChI is InChI=1S/C18H32O3/c19-17-15-13-11-9-7-5-3-1-2-4-6-8-10-12-14-16-18(20)21/h19H,1-2,4,6-17H2,(H,20,21). The van der Waals surface area contributed by atoms with Crippen LogP contribution in [-0.4, -0.2) is 22.8 Å². The predicted molar refractivity (Wildman–Crippen MR) is 87.1 cm³/mol. The van der Waals surface area contributed by atoms with Crippen LogP contribution in [0.1, 0.15) is 89.9 Å². The normalized spacial score (nSPS) is 10.1. The highest BCUT2D eigenvalue weighted by Crippen LogP contribution is 2.09. The van der Waals surface area contributed by atoms with E-state index in [0.717, 1.165) is 51.4 Å². The molecule has 0 aliphatic heterocycles.